The minimum atomic E-state index is -0.453. The van der Waals surface area contributed by atoms with Gasteiger partial charge < -0.3 is 9.84 Å². The van der Waals surface area contributed by atoms with Crippen molar-refractivity contribution in [2.45, 2.75) is 13.3 Å². The highest BCUT2D eigenvalue weighted by Gasteiger charge is 2.06. The third-order valence-corrected chi connectivity index (χ3v) is 1.40. The molecule has 4 heteroatoms. The maximum absolute atomic E-state index is 11.2. The van der Waals surface area contributed by atoms with Gasteiger partial charge in [-0.3, -0.25) is 4.98 Å². The number of aromatic hydroxyl groups is 1. The summed E-state index contributed by atoms with van der Waals surface area (Å²) in [7, 11) is 0. The minimum absolute atomic E-state index is 0.0362. The van der Waals surface area contributed by atoms with Crippen LogP contribution in [0, 0.1) is 0 Å². The Morgan fingerprint density at radius 1 is 1.62 bits per heavy atom. The molecule has 4 nitrogen and oxygen atoms in total. The number of ether oxygens (including phenoxy) is 1. The summed E-state index contributed by atoms with van der Waals surface area (Å²) in [6.07, 6.45) is 3.40. The van der Waals surface area contributed by atoms with Gasteiger partial charge >= 0.3 is 5.97 Å². The second-order valence-corrected chi connectivity index (χ2v) is 2.57. The van der Waals surface area contributed by atoms with Crippen molar-refractivity contribution >= 4 is 5.97 Å². The standard InChI is InChI=1S/C9H11NO3/c1-2-3-13-9(12)7-4-8(11)6-10-5-7/h4-6,11H,2-3H2,1H3. The average Bonchev–Trinajstić information content (AvgIpc) is 2.14. The highest BCUT2D eigenvalue weighted by molar-refractivity contribution is 5.89. The summed E-state index contributed by atoms with van der Waals surface area (Å²) in [6.45, 7) is 2.29. The van der Waals surface area contributed by atoms with Crippen molar-refractivity contribution in [2.24, 2.45) is 0 Å². The van der Waals surface area contributed by atoms with E-state index in [4.69, 9.17) is 9.84 Å². The Hall–Kier alpha value is -1.58. The van der Waals surface area contributed by atoms with E-state index < -0.39 is 5.97 Å². The van der Waals surface area contributed by atoms with Crippen molar-refractivity contribution in [3.63, 3.8) is 0 Å². The van der Waals surface area contributed by atoms with E-state index in [0.717, 1.165) is 6.42 Å². The second kappa shape index (κ2) is 4.45. The fourth-order valence-corrected chi connectivity index (χ4v) is 0.818. The largest absolute Gasteiger partial charge is 0.506 e. The van der Waals surface area contributed by atoms with Crippen molar-refractivity contribution < 1.29 is 14.6 Å². The average molecular weight is 181 g/mol. The van der Waals surface area contributed by atoms with Crippen molar-refractivity contribution in [2.75, 3.05) is 6.61 Å². The highest BCUT2D eigenvalue weighted by atomic mass is 16.5. The Balaban J connectivity index is 2.66. The summed E-state index contributed by atoms with van der Waals surface area (Å²) < 4.78 is 4.84. The van der Waals surface area contributed by atoms with E-state index >= 15 is 0 Å². The first-order valence-corrected chi connectivity index (χ1v) is 4.05. The molecule has 0 atom stereocenters. The number of aromatic nitrogens is 1. The van der Waals surface area contributed by atoms with Gasteiger partial charge in [-0.2, -0.15) is 0 Å². The molecule has 70 valence electrons. The molecule has 13 heavy (non-hydrogen) atoms. The SMILES string of the molecule is CCCOC(=O)c1cncc(O)c1. The molecular weight excluding hydrogens is 170 g/mol. The molecule has 0 unspecified atom stereocenters. The van der Waals surface area contributed by atoms with Crippen LogP contribution in [0.25, 0.3) is 0 Å². The van der Waals surface area contributed by atoms with E-state index in [1.165, 1.54) is 18.5 Å². The normalized spacial score (nSPS) is 9.62. The zero-order valence-electron chi connectivity index (χ0n) is 7.36. The summed E-state index contributed by atoms with van der Waals surface area (Å²) in [5, 5.41) is 9.02. The summed E-state index contributed by atoms with van der Waals surface area (Å²) in [5.74, 6) is -0.490. The van der Waals surface area contributed by atoms with Crippen molar-refractivity contribution in [1.82, 2.24) is 4.98 Å². The van der Waals surface area contributed by atoms with Crippen LogP contribution in [-0.4, -0.2) is 22.7 Å². The number of hydrogen-bond donors (Lipinski definition) is 1. The molecule has 0 saturated heterocycles. The van der Waals surface area contributed by atoms with E-state index in [0.29, 0.717) is 6.61 Å². The molecular formula is C9H11NO3. The van der Waals surface area contributed by atoms with Gasteiger partial charge in [0.05, 0.1) is 18.4 Å². The van der Waals surface area contributed by atoms with E-state index in [1.807, 2.05) is 6.92 Å². The zero-order valence-corrected chi connectivity index (χ0v) is 7.36. The topological polar surface area (TPSA) is 59.4 Å². The number of carbonyl (C=O) groups excluding carboxylic acids is 1. The van der Waals surface area contributed by atoms with Crippen molar-refractivity contribution in [1.29, 1.82) is 0 Å². The number of esters is 1. The first-order chi connectivity index (χ1) is 6.24. The lowest BCUT2D eigenvalue weighted by atomic mass is 10.3. The fourth-order valence-electron chi connectivity index (χ4n) is 0.818. The molecule has 0 aromatic carbocycles. The van der Waals surface area contributed by atoms with Crippen LogP contribution < -0.4 is 0 Å². The van der Waals surface area contributed by atoms with Crippen LogP contribution in [-0.2, 0) is 4.74 Å². The van der Waals surface area contributed by atoms with Gasteiger partial charge in [-0.25, -0.2) is 4.79 Å². The van der Waals surface area contributed by atoms with Gasteiger partial charge in [-0.1, -0.05) is 6.92 Å². The number of rotatable bonds is 3. The summed E-state index contributed by atoms with van der Waals surface area (Å²) in [4.78, 5) is 14.8. The third-order valence-electron chi connectivity index (χ3n) is 1.40. The first-order valence-electron chi connectivity index (χ1n) is 4.05. The number of hydrogen-bond acceptors (Lipinski definition) is 4. The van der Waals surface area contributed by atoms with Crippen LogP contribution in [0.15, 0.2) is 18.5 Å². The Kier molecular flexibility index (Phi) is 3.25. The molecule has 0 aliphatic carbocycles. The Morgan fingerprint density at radius 3 is 3.00 bits per heavy atom. The molecule has 0 bridgehead atoms. The summed E-state index contributed by atoms with van der Waals surface area (Å²) in [6, 6.07) is 1.32. The predicted molar refractivity (Wildman–Crippen MR) is 46.5 cm³/mol. The first kappa shape index (κ1) is 9.51. The molecule has 0 spiro atoms. The predicted octanol–water partition coefficient (Wildman–Crippen LogP) is 1.35. The maximum Gasteiger partial charge on any atom is 0.339 e. The molecule has 0 fully saturated rings. The molecule has 0 aliphatic heterocycles. The Morgan fingerprint density at radius 2 is 2.38 bits per heavy atom. The second-order valence-electron chi connectivity index (χ2n) is 2.57. The van der Waals surface area contributed by atoms with Gasteiger partial charge in [0.2, 0.25) is 0 Å². The van der Waals surface area contributed by atoms with Gasteiger partial charge in [0, 0.05) is 6.20 Å². The van der Waals surface area contributed by atoms with Gasteiger partial charge in [-0.05, 0) is 12.5 Å². The monoisotopic (exact) mass is 181 g/mol. The van der Waals surface area contributed by atoms with Crippen LogP contribution in [0.3, 0.4) is 0 Å². The fraction of sp³-hybridized carbons (Fsp3) is 0.333. The summed E-state index contributed by atoms with van der Waals surface area (Å²) >= 11 is 0. The van der Waals surface area contributed by atoms with E-state index in [9.17, 15) is 4.79 Å². The molecule has 0 radical (unpaired) electrons. The zero-order chi connectivity index (χ0) is 9.68. The van der Waals surface area contributed by atoms with Crippen LogP contribution in [0.4, 0.5) is 0 Å². The van der Waals surface area contributed by atoms with Crippen LogP contribution in [0.1, 0.15) is 23.7 Å². The van der Waals surface area contributed by atoms with E-state index in [-0.39, 0.29) is 11.3 Å². The quantitative estimate of drug-likeness (QED) is 0.715. The summed E-state index contributed by atoms with van der Waals surface area (Å²) in [5.41, 5.74) is 0.272. The molecule has 0 amide bonds. The smallest absolute Gasteiger partial charge is 0.339 e. The number of pyridine rings is 1. The Labute approximate surface area is 76.2 Å². The van der Waals surface area contributed by atoms with E-state index in [2.05, 4.69) is 4.98 Å². The molecule has 1 aromatic heterocycles. The highest BCUT2D eigenvalue weighted by Crippen LogP contribution is 2.09. The van der Waals surface area contributed by atoms with Gasteiger partial charge in [0.1, 0.15) is 5.75 Å². The molecule has 0 saturated carbocycles. The lowest BCUT2D eigenvalue weighted by molar-refractivity contribution is 0.0504. The number of carbonyl (C=O) groups is 1. The van der Waals surface area contributed by atoms with Gasteiger partial charge in [-0.15, -0.1) is 0 Å². The third kappa shape index (κ3) is 2.74. The van der Waals surface area contributed by atoms with Crippen LogP contribution >= 0.6 is 0 Å². The van der Waals surface area contributed by atoms with Crippen molar-refractivity contribution in [3.8, 4) is 5.75 Å². The van der Waals surface area contributed by atoms with Crippen LogP contribution in [0.5, 0.6) is 5.75 Å². The molecule has 1 aromatic rings. The maximum atomic E-state index is 11.2. The molecule has 1 heterocycles. The van der Waals surface area contributed by atoms with Crippen LogP contribution in [0.2, 0.25) is 0 Å². The van der Waals surface area contributed by atoms with E-state index in [1.54, 1.807) is 0 Å². The molecule has 1 rings (SSSR count). The lowest BCUT2D eigenvalue weighted by Crippen LogP contribution is -2.05. The molecule has 0 aliphatic rings. The Bertz CT molecular complexity index is 299. The number of nitrogens with zero attached hydrogens (tertiary/aromatic N) is 1. The van der Waals surface area contributed by atoms with Crippen molar-refractivity contribution in [3.05, 3.63) is 24.0 Å². The lowest BCUT2D eigenvalue weighted by Gasteiger charge is -2.01. The van der Waals surface area contributed by atoms with Gasteiger partial charge in [0.25, 0.3) is 0 Å². The minimum Gasteiger partial charge on any atom is -0.506 e. The molecule has 1 N–H and O–H groups in total. The van der Waals surface area contributed by atoms with Gasteiger partial charge in [0.15, 0.2) is 0 Å².